The van der Waals surface area contributed by atoms with Crippen molar-refractivity contribution in [1.82, 2.24) is 9.97 Å². The summed E-state index contributed by atoms with van der Waals surface area (Å²) in [6, 6.07) is 7.19. The van der Waals surface area contributed by atoms with E-state index in [0.717, 1.165) is 16.7 Å². The van der Waals surface area contributed by atoms with Crippen LogP contribution < -0.4 is 10.1 Å². The predicted octanol–water partition coefficient (Wildman–Crippen LogP) is 4.43. The van der Waals surface area contributed by atoms with Crippen LogP contribution in [0.25, 0.3) is 0 Å². The highest BCUT2D eigenvalue weighted by Crippen LogP contribution is 2.31. The summed E-state index contributed by atoms with van der Waals surface area (Å²) in [5.74, 6) is 1.57. The van der Waals surface area contributed by atoms with E-state index in [-0.39, 0.29) is 0 Å². The van der Waals surface area contributed by atoms with E-state index in [0.29, 0.717) is 22.6 Å². The molecule has 0 aliphatic rings. The molecule has 4 nitrogen and oxygen atoms in total. The Morgan fingerprint density at radius 2 is 2.11 bits per heavy atom. The van der Waals surface area contributed by atoms with E-state index in [9.17, 15) is 0 Å². The van der Waals surface area contributed by atoms with Gasteiger partial charge in [-0.25, -0.2) is 4.98 Å². The zero-order valence-electron chi connectivity index (χ0n) is 10.6. The van der Waals surface area contributed by atoms with Gasteiger partial charge in [0.15, 0.2) is 0 Å². The van der Waals surface area contributed by atoms with Gasteiger partial charge in [0, 0.05) is 22.8 Å². The van der Waals surface area contributed by atoms with Crippen LogP contribution in [-0.4, -0.2) is 16.5 Å². The Labute approximate surface area is 125 Å². The Bertz CT molecular complexity index is 592. The maximum Gasteiger partial charge on any atom is 0.226 e. The first-order chi connectivity index (χ1) is 9.08. The number of rotatable bonds is 4. The molecular formula is C13H13BrClN3O. The summed E-state index contributed by atoms with van der Waals surface area (Å²) < 4.78 is 6.59. The van der Waals surface area contributed by atoms with Gasteiger partial charge in [0.2, 0.25) is 11.8 Å². The Morgan fingerprint density at radius 3 is 2.79 bits per heavy atom. The van der Waals surface area contributed by atoms with Crippen LogP contribution in [0.2, 0.25) is 5.02 Å². The van der Waals surface area contributed by atoms with Crippen molar-refractivity contribution in [3.05, 3.63) is 39.5 Å². The molecule has 0 saturated carbocycles. The number of anilines is 1. The molecule has 0 atom stereocenters. The molecule has 0 amide bonds. The molecule has 0 saturated heterocycles. The van der Waals surface area contributed by atoms with Crippen molar-refractivity contribution in [1.29, 1.82) is 0 Å². The maximum absolute atomic E-state index is 6.11. The predicted molar refractivity (Wildman–Crippen MR) is 80.2 cm³/mol. The topological polar surface area (TPSA) is 47.0 Å². The van der Waals surface area contributed by atoms with E-state index < -0.39 is 0 Å². The monoisotopic (exact) mass is 341 g/mol. The van der Waals surface area contributed by atoms with Gasteiger partial charge >= 0.3 is 0 Å². The van der Waals surface area contributed by atoms with Crippen LogP contribution in [0, 0.1) is 6.92 Å². The molecule has 0 unspecified atom stereocenters. The molecule has 0 aliphatic heterocycles. The average molecular weight is 343 g/mol. The fourth-order valence-corrected chi connectivity index (χ4v) is 2.21. The molecule has 0 aliphatic carbocycles. The highest BCUT2D eigenvalue weighted by Gasteiger charge is 2.07. The van der Waals surface area contributed by atoms with Crippen LogP contribution >= 0.6 is 27.5 Å². The quantitative estimate of drug-likeness (QED) is 0.893. The lowest BCUT2D eigenvalue weighted by Gasteiger charge is -2.09. The molecule has 1 heterocycles. The third-order valence-corrected chi connectivity index (χ3v) is 3.06. The minimum absolute atomic E-state index is 0.465. The average Bonchev–Trinajstić information content (AvgIpc) is 2.32. The molecular weight excluding hydrogens is 330 g/mol. The lowest BCUT2D eigenvalue weighted by molar-refractivity contribution is 0.462. The van der Waals surface area contributed by atoms with E-state index in [2.05, 4.69) is 31.2 Å². The minimum atomic E-state index is 0.465. The van der Waals surface area contributed by atoms with Gasteiger partial charge < -0.3 is 10.1 Å². The molecule has 1 N–H and O–H groups in total. The van der Waals surface area contributed by atoms with Gasteiger partial charge in [0.25, 0.3) is 0 Å². The summed E-state index contributed by atoms with van der Waals surface area (Å²) in [5, 5.41) is 3.58. The first kappa shape index (κ1) is 14.1. The number of aromatic nitrogens is 2. The van der Waals surface area contributed by atoms with Gasteiger partial charge in [-0.3, -0.25) is 0 Å². The number of aryl methyl sites for hydroxylation is 1. The van der Waals surface area contributed by atoms with Crippen molar-refractivity contribution in [2.24, 2.45) is 0 Å². The molecule has 1 aromatic heterocycles. The smallest absolute Gasteiger partial charge is 0.226 e. The molecule has 1 aromatic carbocycles. The van der Waals surface area contributed by atoms with Crippen molar-refractivity contribution in [2.75, 3.05) is 11.9 Å². The van der Waals surface area contributed by atoms with Crippen molar-refractivity contribution < 1.29 is 4.74 Å². The van der Waals surface area contributed by atoms with Crippen LogP contribution in [0.4, 0.5) is 5.95 Å². The van der Waals surface area contributed by atoms with E-state index >= 15 is 0 Å². The standard InChI is InChI=1S/C13H13BrClN3O/c1-3-16-13-17-8(2)6-12(18-13)19-11-5-4-9(14)7-10(11)15/h4-7H,3H2,1-2H3,(H,16,17,18). The fraction of sp³-hybridized carbons (Fsp3) is 0.231. The number of benzene rings is 1. The summed E-state index contributed by atoms with van der Waals surface area (Å²) in [5.41, 5.74) is 0.828. The number of hydrogen-bond donors (Lipinski definition) is 1. The van der Waals surface area contributed by atoms with Crippen LogP contribution in [0.3, 0.4) is 0 Å². The van der Waals surface area contributed by atoms with E-state index in [1.807, 2.05) is 19.9 Å². The Balaban J connectivity index is 2.27. The summed E-state index contributed by atoms with van der Waals surface area (Å²) in [4.78, 5) is 8.53. The minimum Gasteiger partial charge on any atom is -0.437 e. The fourth-order valence-electron chi connectivity index (χ4n) is 1.50. The van der Waals surface area contributed by atoms with Gasteiger partial charge in [-0.1, -0.05) is 27.5 Å². The van der Waals surface area contributed by atoms with Crippen molar-refractivity contribution in [3.8, 4) is 11.6 Å². The number of nitrogens with zero attached hydrogens (tertiary/aromatic N) is 2. The summed E-state index contributed by atoms with van der Waals surface area (Å²) >= 11 is 9.46. The van der Waals surface area contributed by atoms with Crippen molar-refractivity contribution in [2.45, 2.75) is 13.8 Å². The number of ether oxygens (including phenoxy) is 1. The Kier molecular flexibility index (Phi) is 4.61. The van der Waals surface area contributed by atoms with Crippen LogP contribution in [0.5, 0.6) is 11.6 Å². The van der Waals surface area contributed by atoms with Crippen molar-refractivity contribution in [3.63, 3.8) is 0 Å². The van der Waals surface area contributed by atoms with Gasteiger partial charge in [0.1, 0.15) is 5.75 Å². The zero-order chi connectivity index (χ0) is 13.8. The van der Waals surface area contributed by atoms with E-state index in [4.69, 9.17) is 16.3 Å². The largest absolute Gasteiger partial charge is 0.437 e. The van der Waals surface area contributed by atoms with Crippen LogP contribution in [-0.2, 0) is 0 Å². The molecule has 0 fully saturated rings. The second-order valence-corrected chi connectivity index (χ2v) is 5.20. The summed E-state index contributed by atoms with van der Waals surface area (Å²) in [6.45, 7) is 4.62. The third kappa shape index (κ3) is 3.81. The Hall–Kier alpha value is -1.33. The number of hydrogen-bond acceptors (Lipinski definition) is 4. The first-order valence-electron chi connectivity index (χ1n) is 5.81. The third-order valence-electron chi connectivity index (χ3n) is 2.27. The van der Waals surface area contributed by atoms with E-state index in [1.165, 1.54) is 0 Å². The SMILES string of the molecule is CCNc1nc(C)cc(Oc2ccc(Br)cc2Cl)n1. The second kappa shape index (κ2) is 6.21. The van der Waals surface area contributed by atoms with Crippen LogP contribution in [0.1, 0.15) is 12.6 Å². The van der Waals surface area contributed by atoms with Crippen LogP contribution in [0.15, 0.2) is 28.7 Å². The molecule has 0 bridgehead atoms. The number of nitrogens with one attached hydrogen (secondary N) is 1. The molecule has 19 heavy (non-hydrogen) atoms. The summed E-state index contributed by atoms with van der Waals surface area (Å²) in [6.07, 6.45) is 0. The number of halogens is 2. The maximum atomic E-state index is 6.11. The zero-order valence-corrected chi connectivity index (χ0v) is 12.9. The highest BCUT2D eigenvalue weighted by atomic mass is 79.9. The van der Waals surface area contributed by atoms with Gasteiger partial charge in [0.05, 0.1) is 5.02 Å². The normalized spacial score (nSPS) is 10.3. The molecule has 2 aromatic rings. The van der Waals surface area contributed by atoms with Crippen molar-refractivity contribution >= 4 is 33.5 Å². The summed E-state index contributed by atoms with van der Waals surface area (Å²) in [7, 11) is 0. The molecule has 0 spiro atoms. The Morgan fingerprint density at radius 1 is 1.32 bits per heavy atom. The van der Waals surface area contributed by atoms with Gasteiger partial charge in [-0.05, 0) is 32.0 Å². The molecule has 2 rings (SSSR count). The molecule has 0 radical (unpaired) electrons. The van der Waals surface area contributed by atoms with Gasteiger partial charge in [-0.15, -0.1) is 0 Å². The van der Waals surface area contributed by atoms with Gasteiger partial charge in [-0.2, -0.15) is 4.98 Å². The highest BCUT2D eigenvalue weighted by molar-refractivity contribution is 9.10. The second-order valence-electron chi connectivity index (χ2n) is 3.88. The lowest BCUT2D eigenvalue weighted by Crippen LogP contribution is -2.04. The molecule has 6 heteroatoms. The van der Waals surface area contributed by atoms with E-state index in [1.54, 1.807) is 18.2 Å². The first-order valence-corrected chi connectivity index (χ1v) is 6.98. The molecule has 100 valence electrons. The lowest BCUT2D eigenvalue weighted by atomic mass is 10.3.